The topological polar surface area (TPSA) is 95.7 Å². The summed E-state index contributed by atoms with van der Waals surface area (Å²) in [5, 5.41) is 22.8. The largest absolute Gasteiger partial charge is 0.395 e. The Balaban J connectivity index is 2.00. The lowest BCUT2D eigenvalue weighted by molar-refractivity contribution is -0.383. The summed E-state index contributed by atoms with van der Waals surface area (Å²) in [6.45, 7) is 0.571. The summed E-state index contributed by atoms with van der Waals surface area (Å²) < 4.78 is 0. The molecule has 7 nitrogen and oxygen atoms in total. The fourth-order valence-electron chi connectivity index (χ4n) is 3.08. The normalized spacial score (nSPS) is 15.6. The molecule has 2 N–H and O–H groups in total. The average Bonchev–Trinajstić information content (AvgIpc) is 2.55. The first-order chi connectivity index (χ1) is 11.1. The van der Waals surface area contributed by atoms with E-state index in [1.54, 1.807) is 12.1 Å². The molecule has 0 spiro atoms. The molecule has 1 aromatic rings. The maximum atomic E-state index is 12.3. The van der Waals surface area contributed by atoms with Crippen LogP contribution in [0, 0.1) is 10.1 Å². The summed E-state index contributed by atoms with van der Waals surface area (Å²) in [4.78, 5) is 24.7. The van der Waals surface area contributed by atoms with Gasteiger partial charge in [0, 0.05) is 18.7 Å². The zero-order chi connectivity index (χ0) is 16.7. The predicted molar refractivity (Wildman–Crippen MR) is 87.3 cm³/mol. The predicted octanol–water partition coefficient (Wildman–Crippen LogP) is 2.16. The quantitative estimate of drug-likeness (QED) is 0.592. The Bertz CT molecular complexity index is 544. The van der Waals surface area contributed by atoms with E-state index in [-0.39, 0.29) is 30.4 Å². The summed E-state index contributed by atoms with van der Waals surface area (Å²) in [7, 11) is 0. The number of carbonyl (C=O) groups is 1. The molecule has 0 bridgehead atoms. The van der Waals surface area contributed by atoms with Crippen molar-refractivity contribution in [2.24, 2.45) is 0 Å². The van der Waals surface area contributed by atoms with Gasteiger partial charge in [-0.2, -0.15) is 0 Å². The number of nitrogens with zero attached hydrogens (tertiary/aromatic N) is 2. The van der Waals surface area contributed by atoms with Crippen LogP contribution in [-0.4, -0.2) is 46.6 Å². The van der Waals surface area contributed by atoms with Crippen molar-refractivity contribution in [1.29, 1.82) is 0 Å². The lowest BCUT2D eigenvalue weighted by atomic mass is 9.94. The number of hydrogen-bond donors (Lipinski definition) is 2. The molecule has 1 aromatic carbocycles. The summed E-state index contributed by atoms with van der Waals surface area (Å²) in [5.41, 5.74) is 0.0855. The molecule has 0 atom stereocenters. The number of nitro groups is 1. The highest BCUT2D eigenvalue weighted by molar-refractivity contribution is 5.94. The second-order valence-electron chi connectivity index (χ2n) is 5.81. The number of anilines is 1. The van der Waals surface area contributed by atoms with E-state index in [0.717, 1.165) is 25.7 Å². The minimum absolute atomic E-state index is 0.00470. The van der Waals surface area contributed by atoms with Crippen LogP contribution < -0.4 is 5.32 Å². The Morgan fingerprint density at radius 1 is 1.30 bits per heavy atom. The van der Waals surface area contributed by atoms with Gasteiger partial charge in [0.05, 0.1) is 18.1 Å². The molecular weight excluding hydrogens is 298 g/mol. The maximum Gasteiger partial charge on any atom is 0.292 e. The second kappa shape index (κ2) is 8.59. The van der Waals surface area contributed by atoms with Gasteiger partial charge in [-0.25, -0.2) is 0 Å². The number of benzene rings is 1. The van der Waals surface area contributed by atoms with Crippen LogP contribution in [-0.2, 0) is 4.79 Å². The molecule has 126 valence electrons. The monoisotopic (exact) mass is 321 g/mol. The van der Waals surface area contributed by atoms with Crippen molar-refractivity contribution in [3.63, 3.8) is 0 Å². The highest BCUT2D eigenvalue weighted by Gasteiger charge is 2.23. The molecule has 1 aliphatic rings. The molecule has 7 heteroatoms. The first kappa shape index (κ1) is 17.4. The number of carbonyl (C=O) groups excluding carboxylic acids is 1. The SMILES string of the molecule is O=C(CN(CCO)C1CCCCC1)Nc1ccccc1[N+](=O)[O-]. The highest BCUT2D eigenvalue weighted by Crippen LogP contribution is 2.24. The molecule has 0 aliphatic heterocycles. The van der Waals surface area contributed by atoms with E-state index >= 15 is 0 Å². The van der Waals surface area contributed by atoms with Crippen molar-refractivity contribution < 1.29 is 14.8 Å². The fourth-order valence-corrected chi connectivity index (χ4v) is 3.08. The van der Waals surface area contributed by atoms with Gasteiger partial charge in [0.1, 0.15) is 5.69 Å². The van der Waals surface area contributed by atoms with Crippen molar-refractivity contribution in [1.82, 2.24) is 4.90 Å². The number of aliphatic hydroxyl groups excluding tert-OH is 1. The van der Waals surface area contributed by atoms with Crippen LogP contribution in [0.3, 0.4) is 0 Å². The van der Waals surface area contributed by atoms with Gasteiger partial charge < -0.3 is 10.4 Å². The van der Waals surface area contributed by atoms with Gasteiger partial charge in [-0.05, 0) is 18.9 Å². The molecule has 0 unspecified atom stereocenters. The van der Waals surface area contributed by atoms with Crippen molar-refractivity contribution in [3.8, 4) is 0 Å². The number of amides is 1. The van der Waals surface area contributed by atoms with Crippen LogP contribution in [0.1, 0.15) is 32.1 Å². The third kappa shape index (κ3) is 5.01. The standard InChI is InChI=1S/C16H23N3O4/c20-11-10-18(13-6-2-1-3-7-13)12-16(21)17-14-8-4-5-9-15(14)19(22)23/h4-5,8-9,13,20H,1-3,6-7,10-12H2,(H,17,21). The molecule has 1 saturated carbocycles. The van der Waals surface area contributed by atoms with E-state index in [9.17, 15) is 20.0 Å². The molecule has 0 radical (unpaired) electrons. The highest BCUT2D eigenvalue weighted by atomic mass is 16.6. The van der Waals surface area contributed by atoms with Crippen molar-refractivity contribution in [2.75, 3.05) is 25.0 Å². The second-order valence-corrected chi connectivity index (χ2v) is 5.81. The van der Waals surface area contributed by atoms with E-state index in [2.05, 4.69) is 5.32 Å². The van der Waals surface area contributed by atoms with Crippen molar-refractivity contribution >= 4 is 17.3 Å². The zero-order valence-corrected chi connectivity index (χ0v) is 13.1. The Labute approximate surface area is 135 Å². The zero-order valence-electron chi connectivity index (χ0n) is 13.1. The van der Waals surface area contributed by atoms with E-state index in [0.29, 0.717) is 12.6 Å². The minimum atomic E-state index is -0.512. The molecule has 0 saturated heterocycles. The summed E-state index contributed by atoms with van der Waals surface area (Å²) in [6.07, 6.45) is 5.54. The van der Waals surface area contributed by atoms with Crippen LogP contribution in [0.4, 0.5) is 11.4 Å². The first-order valence-corrected chi connectivity index (χ1v) is 8.00. The smallest absolute Gasteiger partial charge is 0.292 e. The summed E-state index contributed by atoms with van der Waals surface area (Å²) >= 11 is 0. The lowest BCUT2D eigenvalue weighted by Gasteiger charge is -2.33. The Kier molecular flexibility index (Phi) is 6.49. The molecule has 1 amide bonds. The van der Waals surface area contributed by atoms with Crippen LogP contribution in [0.5, 0.6) is 0 Å². The number of nitrogens with one attached hydrogen (secondary N) is 1. The van der Waals surface area contributed by atoms with Crippen LogP contribution >= 0.6 is 0 Å². The third-order valence-electron chi connectivity index (χ3n) is 4.20. The number of rotatable bonds is 7. The van der Waals surface area contributed by atoms with Gasteiger partial charge in [-0.1, -0.05) is 31.4 Å². The van der Waals surface area contributed by atoms with Crippen LogP contribution in [0.15, 0.2) is 24.3 Å². The van der Waals surface area contributed by atoms with Gasteiger partial charge in [0.15, 0.2) is 0 Å². The molecule has 1 fully saturated rings. The van der Waals surface area contributed by atoms with Crippen LogP contribution in [0.25, 0.3) is 0 Å². The molecule has 2 rings (SSSR count). The van der Waals surface area contributed by atoms with Gasteiger partial charge >= 0.3 is 0 Å². The summed E-state index contributed by atoms with van der Waals surface area (Å²) in [5.74, 6) is -0.293. The number of nitro benzene ring substituents is 1. The summed E-state index contributed by atoms with van der Waals surface area (Å²) in [6, 6.07) is 6.39. The molecule has 23 heavy (non-hydrogen) atoms. The molecule has 1 aliphatic carbocycles. The molecule has 0 aromatic heterocycles. The fraction of sp³-hybridized carbons (Fsp3) is 0.562. The minimum Gasteiger partial charge on any atom is -0.395 e. The van der Waals surface area contributed by atoms with E-state index in [4.69, 9.17) is 0 Å². The third-order valence-corrected chi connectivity index (χ3v) is 4.20. The van der Waals surface area contributed by atoms with Gasteiger partial charge in [0.25, 0.3) is 5.69 Å². The van der Waals surface area contributed by atoms with Crippen molar-refractivity contribution in [2.45, 2.75) is 38.1 Å². The lowest BCUT2D eigenvalue weighted by Crippen LogP contribution is -2.43. The average molecular weight is 321 g/mol. The Morgan fingerprint density at radius 3 is 2.65 bits per heavy atom. The Hall–Kier alpha value is -1.99. The number of para-hydroxylation sites is 2. The van der Waals surface area contributed by atoms with Gasteiger partial charge in [0.2, 0.25) is 5.91 Å². The number of aliphatic hydroxyl groups is 1. The van der Waals surface area contributed by atoms with E-state index in [1.807, 2.05) is 4.90 Å². The van der Waals surface area contributed by atoms with Gasteiger partial charge in [-0.3, -0.25) is 19.8 Å². The van der Waals surface area contributed by atoms with Gasteiger partial charge in [-0.15, -0.1) is 0 Å². The van der Waals surface area contributed by atoms with Crippen LogP contribution in [0.2, 0.25) is 0 Å². The van der Waals surface area contributed by atoms with Crippen molar-refractivity contribution in [3.05, 3.63) is 34.4 Å². The molecule has 0 heterocycles. The van der Waals surface area contributed by atoms with E-state index in [1.165, 1.54) is 18.6 Å². The number of hydrogen-bond acceptors (Lipinski definition) is 5. The maximum absolute atomic E-state index is 12.3. The first-order valence-electron chi connectivity index (χ1n) is 8.00. The Morgan fingerprint density at radius 2 is 2.00 bits per heavy atom. The van der Waals surface area contributed by atoms with E-state index < -0.39 is 4.92 Å². The molecular formula is C16H23N3O4.